The van der Waals surface area contributed by atoms with E-state index >= 15 is 0 Å². The van der Waals surface area contributed by atoms with Crippen LogP contribution in [0.2, 0.25) is 0 Å². The molecule has 202 valence electrons. The number of hydrogen-bond acceptors (Lipinski definition) is 2. The summed E-state index contributed by atoms with van der Waals surface area (Å²) < 4.78 is 15.0. The van der Waals surface area contributed by atoms with Gasteiger partial charge in [0.15, 0.2) is 0 Å². The second kappa shape index (κ2) is 26.4. The van der Waals surface area contributed by atoms with Crippen LogP contribution in [0.1, 0.15) is 0 Å². The van der Waals surface area contributed by atoms with E-state index in [1.165, 1.54) is 21.2 Å². The van der Waals surface area contributed by atoms with Crippen molar-refractivity contribution in [3.05, 3.63) is 135 Å². The molecule has 8 heteroatoms. The predicted octanol–water partition coefficient (Wildman–Crippen LogP) is 5.25. The smallest absolute Gasteiger partial charge is 0 e. The van der Waals surface area contributed by atoms with E-state index in [1.807, 2.05) is 0 Å². The van der Waals surface area contributed by atoms with Crippen molar-refractivity contribution in [2.75, 3.05) is 23.8 Å². The minimum absolute atomic E-state index is 0. The van der Waals surface area contributed by atoms with Gasteiger partial charge in [-0.15, -0.1) is 0 Å². The number of hydrogen-bond donors (Lipinski definition) is 0. The van der Waals surface area contributed by atoms with E-state index in [0.29, 0.717) is 0 Å². The van der Waals surface area contributed by atoms with E-state index in [-0.39, 0.29) is 54.8 Å². The van der Waals surface area contributed by atoms with E-state index in [2.05, 4.69) is 135 Å². The molecule has 0 N–H and O–H groups in total. The minimum atomic E-state index is -0.255. The summed E-state index contributed by atoms with van der Waals surface area (Å²) in [5.41, 5.74) is 0. The van der Waals surface area contributed by atoms with E-state index in [1.54, 1.807) is 0 Å². The summed E-state index contributed by atoms with van der Waals surface area (Å²) in [4.78, 5) is 0. The van der Waals surface area contributed by atoms with Gasteiger partial charge in [0.1, 0.15) is 0 Å². The molecule has 38 heavy (non-hydrogen) atoms. The zero-order valence-corrected chi connectivity index (χ0v) is 27.3. The van der Waals surface area contributed by atoms with Crippen LogP contribution in [0, 0.1) is 13.3 Å². The van der Waals surface area contributed by atoms with Crippen LogP contribution in [0.15, 0.2) is 121 Å². The third-order valence-corrected chi connectivity index (χ3v) is 10.9. The molecule has 0 unspecified atom stereocenters. The van der Waals surface area contributed by atoms with Crippen molar-refractivity contribution in [3.63, 3.8) is 0 Å². The van der Waals surface area contributed by atoms with Crippen LogP contribution in [0.4, 0.5) is 0 Å². The Morgan fingerprint density at radius 1 is 0.421 bits per heavy atom. The van der Waals surface area contributed by atoms with Crippen LogP contribution in [-0.4, -0.2) is 23.8 Å². The molecule has 0 aliphatic rings. The summed E-state index contributed by atoms with van der Waals surface area (Å²) in [7, 11) is -0.510. The first-order valence-corrected chi connectivity index (χ1v) is 15.4. The van der Waals surface area contributed by atoms with Crippen molar-refractivity contribution >= 4 is 62.3 Å². The van der Waals surface area contributed by atoms with Crippen LogP contribution in [0.3, 0.4) is 0 Å². The van der Waals surface area contributed by atoms with Gasteiger partial charge in [-0.2, -0.15) is 11.5 Å². The molecular weight excluding hydrogens is 724 g/mol. The Labute approximate surface area is 267 Å². The molecule has 4 aromatic carbocycles. The quantitative estimate of drug-likeness (QED) is 0.0812. The fourth-order valence-electron chi connectivity index (χ4n) is 3.43. The van der Waals surface area contributed by atoms with E-state index in [0.717, 1.165) is 23.8 Å². The average molecular weight is 752 g/mol. The maximum Gasteiger partial charge on any atom is 0 e. The van der Waals surface area contributed by atoms with Crippen LogP contribution in [0.5, 0.6) is 0 Å². The van der Waals surface area contributed by atoms with Crippen molar-refractivity contribution in [3.8, 4) is 0 Å². The van der Waals surface area contributed by atoms with Crippen molar-refractivity contribution in [2.45, 2.75) is 0 Å². The van der Waals surface area contributed by atoms with Gasteiger partial charge >= 0.3 is 22.6 Å². The summed E-state index contributed by atoms with van der Waals surface area (Å²) in [6.07, 6.45) is 2.19. The van der Waals surface area contributed by atoms with Gasteiger partial charge in [-0.3, -0.25) is 0 Å². The zero-order chi connectivity index (χ0) is 26.4. The van der Waals surface area contributed by atoms with E-state index < -0.39 is 0 Å². The normalized spacial score (nSPS) is 9.05. The Bertz CT molecular complexity index is 935. The zero-order valence-electron chi connectivity index (χ0n) is 20.6. The summed E-state index contributed by atoms with van der Waals surface area (Å²) in [5.74, 6) is 1.66. The Kier molecular flexibility index (Phi) is 27.3. The Hall–Kier alpha value is -0.833. The number of rotatable bonds is 8. The first-order chi connectivity index (χ1) is 17.8. The molecule has 0 fully saturated rings. The second-order valence-corrected chi connectivity index (χ2v) is 12.5. The fraction of sp³-hybridized carbons (Fsp3) is 0.133. The first kappa shape index (κ1) is 39.3. The van der Waals surface area contributed by atoms with E-state index in [9.17, 15) is 0 Å². The van der Waals surface area contributed by atoms with Gasteiger partial charge in [-0.1, -0.05) is 121 Å². The average Bonchev–Trinajstić information content (AvgIpc) is 2.99. The van der Waals surface area contributed by atoms with Gasteiger partial charge in [0, 0.05) is 39.0 Å². The largest absolute Gasteiger partial charge is 0.792 e. The second-order valence-electron chi connectivity index (χ2n) is 7.05. The molecule has 4 rings (SSSR count). The van der Waals surface area contributed by atoms with Gasteiger partial charge in [0.25, 0.3) is 0 Å². The summed E-state index contributed by atoms with van der Waals surface area (Å²) in [6, 6.07) is 42.8. The van der Waals surface area contributed by atoms with Gasteiger partial charge in [0.2, 0.25) is 0 Å². The molecule has 0 amide bonds. The van der Waals surface area contributed by atoms with Crippen molar-refractivity contribution in [1.29, 1.82) is 0 Å². The first-order valence-electron chi connectivity index (χ1n) is 11.2. The SMILES string of the molecule is [C-]#[O+].[C-]#[O+].[Rh].[Rh].[S-]CCP(c1ccccc1)c1ccccc1.[S-]CCP(c1ccccc1)c1ccccc1. The molecule has 0 bridgehead atoms. The molecule has 2 radical (unpaired) electrons. The van der Waals surface area contributed by atoms with Crippen molar-refractivity contribution in [2.24, 2.45) is 0 Å². The molecular formula is C30H28O2P2Rh2S2-2. The Morgan fingerprint density at radius 3 is 0.763 bits per heavy atom. The third kappa shape index (κ3) is 14.5. The number of benzene rings is 4. The summed E-state index contributed by atoms with van der Waals surface area (Å²) >= 11 is 10.3. The third-order valence-electron chi connectivity index (χ3n) is 4.90. The van der Waals surface area contributed by atoms with Crippen LogP contribution < -0.4 is 21.2 Å². The fourth-order valence-corrected chi connectivity index (χ4v) is 8.65. The minimum Gasteiger partial charge on any atom is -0.792 e. The van der Waals surface area contributed by atoms with Crippen molar-refractivity contribution < 1.29 is 48.3 Å². The molecule has 0 aliphatic carbocycles. The van der Waals surface area contributed by atoms with Crippen LogP contribution in [0.25, 0.3) is 0 Å². The monoisotopic (exact) mass is 752 g/mol. The van der Waals surface area contributed by atoms with Crippen molar-refractivity contribution in [1.82, 2.24) is 0 Å². The summed E-state index contributed by atoms with van der Waals surface area (Å²) in [5, 5.41) is 5.70. The Morgan fingerprint density at radius 2 is 0.605 bits per heavy atom. The molecule has 2 nitrogen and oxygen atoms in total. The molecule has 0 aliphatic heterocycles. The maximum atomic E-state index is 7.50. The molecule has 0 saturated carbocycles. The molecule has 0 aromatic heterocycles. The standard InChI is InChI=1S/2C14H15PS.2CO.2Rh/c2*16-12-11-15(13-7-3-1-4-8-13)14-9-5-2-6-10-14;2*1-2;;/h2*1-10,16H,11-12H2;;;;/p-2. The van der Waals surface area contributed by atoms with Gasteiger partial charge in [-0.05, 0) is 49.4 Å². The predicted molar refractivity (Wildman–Crippen MR) is 160 cm³/mol. The topological polar surface area (TPSA) is 39.8 Å². The Balaban J connectivity index is 0. The van der Waals surface area contributed by atoms with E-state index in [4.69, 9.17) is 34.6 Å². The van der Waals surface area contributed by atoms with Gasteiger partial charge in [-0.25, -0.2) is 0 Å². The molecule has 0 heterocycles. The molecule has 0 atom stereocenters. The van der Waals surface area contributed by atoms with Crippen LogP contribution in [-0.2, 0) is 73.5 Å². The molecule has 0 spiro atoms. The molecule has 4 aromatic rings. The van der Waals surface area contributed by atoms with Crippen LogP contribution >= 0.6 is 15.8 Å². The maximum absolute atomic E-state index is 7.50. The molecule has 0 saturated heterocycles. The summed E-state index contributed by atoms with van der Waals surface area (Å²) in [6.45, 7) is 9.00. The van der Waals surface area contributed by atoms with Gasteiger partial charge < -0.3 is 25.3 Å². The van der Waals surface area contributed by atoms with Gasteiger partial charge in [0.05, 0.1) is 0 Å².